The number of ether oxygens (including phenoxy) is 3. The van der Waals surface area contributed by atoms with E-state index in [0.29, 0.717) is 28.1 Å². The van der Waals surface area contributed by atoms with Gasteiger partial charge in [0.25, 0.3) is 11.1 Å². The van der Waals surface area contributed by atoms with E-state index < -0.39 is 23.2 Å². The van der Waals surface area contributed by atoms with E-state index in [1.165, 1.54) is 21.1 Å². The van der Waals surface area contributed by atoms with E-state index in [0.717, 1.165) is 16.7 Å². The van der Waals surface area contributed by atoms with Crippen LogP contribution in [0.25, 0.3) is 6.08 Å². The quantitative estimate of drug-likeness (QED) is 0.491. The summed E-state index contributed by atoms with van der Waals surface area (Å²) in [5, 5.41) is -0.517. The van der Waals surface area contributed by atoms with E-state index in [9.17, 15) is 14.4 Å². The van der Waals surface area contributed by atoms with Crippen LogP contribution in [0, 0.1) is 0 Å². The number of carbonyl (C=O) groups is 3. The summed E-state index contributed by atoms with van der Waals surface area (Å²) in [7, 11) is 2.72. The Balaban J connectivity index is 2.36. The van der Waals surface area contributed by atoms with Gasteiger partial charge in [-0.05, 0) is 65.3 Å². The molecule has 1 aliphatic rings. The first-order valence-electron chi connectivity index (χ1n) is 7.69. The normalized spacial score (nSPS) is 16.8. The Hall–Kier alpha value is -2.00. The molecule has 0 radical (unpaired) electrons. The lowest BCUT2D eigenvalue weighted by atomic mass is 10.1. The molecule has 26 heavy (non-hydrogen) atoms. The number of imide groups is 1. The molecule has 1 fully saturated rings. The first-order valence-corrected chi connectivity index (χ1v) is 9.30. The predicted octanol–water partition coefficient (Wildman–Crippen LogP) is 3.45. The van der Waals surface area contributed by atoms with Crippen molar-refractivity contribution in [1.29, 1.82) is 0 Å². The van der Waals surface area contributed by atoms with Crippen LogP contribution in [-0.2, 0) is 14.3 Å². The lowest BCUT2D eigenvalue weighted by Gasteiger charge is -2.18. The van der Waals surface area contributed by atoms with Crippen LogP contribution < -0.4 is 9.47 Å². The van der Waals surface area contributed by atoms with Crippen LogP contribution in [0.1, 0.15) is 19.4 Å². The topological polar surface area (TPSA) is 82.1 Å². The molecule has 9 heteroatoms. The first-order chi connectivity index (χ1) is 12.3. The van der Waals surface area contributed by atoms with Crippen molar-refractivity contribution in [2.75, 3.05) is 20.8 Å². The number of halogens is 1. The Morgan fingerprint density at radius 3 is 2.62 bits per heavy atom. The Kier molecular flexibility index (Phi) is 6.71. The molecule has 0 N–H and O–H groups in total. The molecule has 0 saturated carbocycles. The fourth-order valence-electron chi connectivity index (χ4n) is 2.35. The standard InChI is InChI=1S/C17H18BrNO6S/c1-5-25-14-11(18)6-10(7-12(14)23-3)8-13-15(20)19(17(22)26-13)9(2)16(21)24-4/h6-9H,5H2,1-4H3/b13-8+. The van der Waals surface area contributed by atoms with Crippen LogP contribution in [0.4, 0.5) is 4.79 Å². The average Bonchev–Trinajstić information content (AvgIpc) is 2.89. The molecule has 1 heterocycles. The fourth-order valence-corrected chi connectivity index (χ4v) is 3.83. The second kappa shape index (κ2) is 8.59. The van der Waals surface area contributed by atoms with E-state index >= 15 is 0 Å². The van der Waals surface area contributed by atoms with Gasteiger partial charge in [-0.15, -0.1) is 0 Å². The van der Waals surface area contributed by atoms with Crippen LogP contribution in [0.3, 0.4) is 0 Å². The molecule has 140 valence electrons. The third kappa shape index (κ3) is 4.04. The number of benzene rings is 1. The lowest BCUT2D eigenvalue weighted by Crippen LogP contribution is -2.42. The van der Waals surface area contributed by atoms with Gasteiger partial charge in [0.15, 0.2) is 11.5 Å². The minimum atomic E-state index is -0.986. The zero-order chi connectivity index (χ0) is 19.4. The van der Waals surface area contributed by atoms with Crippen LogP contribution >= 0.6 is 27.7 Å². The van der Waals surface area contributed by atoms with Gasteiger partial charge in [0.2, 0.25) is 0 Å². The van der Waals surface area contributed by atoms with Crippen molar-refractivity contribution in [3.8, 4) is 11.5 Å². The second-order valence-corrected chi connectivity index (χ2v) is 7.07. The molecule has 0 aliphatic carbocycles. The lowest BCUT2D eigenvalue weighted by molar-refractivity contribution is -0.148. The molecule has 1 aliphatic heterocycles. The van der Waals surface area contributed by atoms with Crippen molar-refractivity contribution in [2.45, 2.75) is 19.9 Å². The van der Waals surface area contributed by atoms with Gasteiger partial charge < -0.3 is 14.2 Å². The summed E-state index contributed by atoms with van der Waals surface area (Å²) in [5.41, 5.74) is 0.647. The van der Waals surface area contributed by atoms with E-state index in [1.54, 1.807) is 18.2 Å². The van der Waals surface area contributed by atoms with Crippen molar-refractivity contribution in [1.82, 2.24) is 4.90 Å². The minimum Gasteiger partial charge on any atom is -0.493 e. The largest absolute Gasteiger partial charge is 0.493 e. The number of rotatable bonds is 6. The van der Waals surface area contributed by atoms with E-state index in [4.69, 9.17) is 9.47 Å². The van der Waals surface area contributed by atoms with Gasteiger partial charge in [0.1, 0.15) is 6.04 Å². The molecule has 0 spiro atoms. The Labute approximate surface area is 163 Å². The molecule has 1 aromatic carbocycles. The van der Waals surface area contributed by atoms with E-state index in [2.05, 4.69) is 20.7 Å². The van der Waals surface area contributed by atoms with Crippen LogP contribution in [-0.4, -0.2) is 48.9 Å². The van der Waals surface area contributed by atoms with Gasteiger partial charge in [-0.2, -0.15) is 0 Å². The smallest absolute Gasteiger partial charge is 0.328 e. The van der Waals surface area contributed by atoms with Crippen molar-refractivity contribution < 1.29 is 28.6 Å². The number of amides is 2. The van der Waals surface area contributed by atoms with Crippen molar-refractivity contribution >= 4 is 50.9 Å². The summed E-state index contributed by atoms with van der Waals surface area (Å²) >= 11 is 4.19. The highest BCUT2D eigenvalue weighted by atomic mass is 79.9. The summed E-state index contributed by atoms with van der Waals surface area (Å²) in [6, 6.07) is 2.47. The Bertz CT molecular complexity index is 779. The van der Waals surface area contributed by atoms with Gasteiger partial charge in [-0.25, -0.2) is 4.79 Å². The molecular weight excluding hydrogens is 426 g/mol. The predicted molar refractivity (Wildman–Crippen MR) is 101 cm³/mol. The number of esters is 1. The third-order valence-corrected chi connectivity index (χ3v) is 5.06. The zero-order valence-electron chi connectivity index (χ0n) is 14.7. The molecule has 0 aromatic heterocycles. The van der Waals surface area contributed by atoms with Gasteiger partial charge in [0, 0.05) is 0 Å². The van der Waals surface area contributed by atoms with Crippen molar-refractivity contribution in [2.24, 2.45) is 0 Å². The Morgan fingerprint density at radius 2 is 2.04 bits per heavy atom. The monoisotopic (exact) mass is 443 g/mol. The van der Waals surface area contributed by atoms with Crippen molar-refractivity contribution in [3.63, 3.8) is 0 Å². The highest BCUT2D eigenvalue weighted by molar-refractivity contribution is 9.10. The molecule has 0 bridgehead atoms. The van der Waals surface area contributed by atoms with Gasteiger partial charge in [-0.1, -0.05) is 0 Å². The maximum absolute atomic E-state index is 12.5. The highest BCUT2D eigenvalue weighted by Gasteiger charge is 2.41. The second-order valence-electron chi connectivity index (χ2n) is 5.22. The number of thioether (sulfide) groups is 1. The molecule has 7 nitrogen and oxygen atoms in total. The first kappa shape index (κ1) is 20.3. The van der Waals surface area contributed by atoms with Gasteiger partial charge in [-0.3, -0.25) is 14.5 Å². The number of hydrogen-bond donors (Lipinski definition) is 0. The maximum Gasteiger partial charge on any atom is 0.328 e. The summed E-state index contributed by atoms with van der Waals surface area (Å²) in [6.07, 6.45) is 1.57. The molecule has 1 atom stereocenters. The average molecular weight is 444 g/mol. The Morgan fingerprint density at radius 1 is 1.35 bits per heavy atom. The van der Waals surface area contributed by atoms with Crippen LogP contribution in [0.15, 0.2) is 21.5 Å². The number of hydrogen-bond acceptors (Lipinski definition) is 7. The van der Waals surface area contributed by atoms with E-state index in [1.807, 2.05) is 6.92 Å². The fraction of sp³-hybridized carbons (Fsp3) is 0.353. The molecule has 2 amide bonds. The number of methoxy groups -OCH3 is 2. The molecule has 1 saturated heterocycles. The van der Waals surface area contributed by atoms with Crippen LogP contribution in [0.2, 0.25) is 0 Å². The van der Waals surface area contributed by atoms with Gasteiger partial charge >= 0.3 is 5.97 Å². The molecule has 1 aromatic rings. The number of nitrogens with zero attached hydrogens (tertiary/aromatic N) is 1. The summed E-state index contributed by atoms with van der Waals surface area (Å²) < 4.78 is 16.1. The summed E-state index contributed by atoms with van der Waals surface area (Å²) in [4.78, 5) is 37.4. The van der Waals surface area contributed by atoms with Crippen LogP contribution in [0.5, 0.6) is 11.5 Å². The maximum atomic E-state index is 12.5. The van der Waals surface area contributed by atoms with Gasteiger partial charge in [0.05, 0.1) is 30.2 Å². The molecule has 1 unspecified atom stereocenters. The van der Waals surface area contributed by atoms with Crippen molar-refractivity contribution in [3.05, 3.63) is 27.1 Å². The summed E-state index contributed by atoms with van der Waals surface area (Å²) in [6.45, 7) is 3.78. The molecular formula is C17H18BrNO6S. The van der Waals surface area contributed by atoms with E-state index in [-0.39, 0.29) is 4.91 Å². The minimum absolute atomic E-state index is 0.212. The number of carbonyl (C=O) groups excluding carboxylic acids is 3. The molecule has 2 rings (SSSR count). The zero-order valence-corrected chi connectivity index (χ0v) is 17.1. The third-order valence-electron chi connectivity index (χ3n) is 3.59. The summed E-state index contributed by atoms with van der Waals surface area (Å²) in [5.74, 6) is -0.143. The highest BCUT2D eigenvalue weighted by Crippen LogP contribution is 2.39. The SMILES string of the molecule is CCOc1c(Br)cc(/C=C2/SC(=O)N(C(C)C(=O)OC)C2=O)cc1OC.